The van der Waals surface area contributed by atoms with E-state index in [2.05, 4.69) is 0 Å². The standard InChI is InChI=1S/C18H32O5/c1-2-13(19)10-11-15-14(16(20)12-17(15)21)8-6-4-3-5-7-9-18(22)23/h10-11,13-17,19-21H,2-9,12H2,1H3,(H,22,23)/b11-10+/t13-,14-,15+,16+,17-/m1/s1. The zero-order valence-corrected chi connectivity index (χ0v) is 14.1. The van der Waals surface area contributed by atoms with Crippen LogP contribution in [0, 0.1) is 11.8 Å². The monoisotopic (exact) mass is 328 g/mol. The Balaban J connectivity index is 2.31. The molecule has 0 radical (unpaired) electrons. The van der Waals surface area contributed by atoms with Crippen molar-refractivity contribution in [2.24, 2.45) is 11.8 Å². The molecule has 0 unspecified atom stereocenters. The minimum absolute atomic E-state index is 0.0457. The second-order valence-corrected chi connectivity index (χ2v) is 6.67. The van der Waals surface area contributed by atoms with Crippen molar-refractivity contribution >= 4 is 5.97 Å². The molecule has 0 aromatic rings. The highest BCUT2D eigenvalue weighted by Gasteiger charge is 2.39. The predicted octanol–water partition coefficient (Wildman–Crippen LogP) is 2.49. The van der Waals surface area contributed by atoms with Gasteiger partial charge in [-0.15, -0.1) is 0 Å². The summed E-state index contributed by atoms with van der Waals surface area (Å²) in [4.78, 5) is 10.4. The highest BCUT2D eigenvalue weighted by Crippen LogP contribution is 2.37. The molecule has 0 bridgehead atoms. The van der Waals surface area contributed by atoms with Crippen LogP contribution in [0.5, 0.6) is 0 Å². The van der Waals surface area contributed by atoms with Crippen molar-refractivity contribution in [3.8, 4) is 0 Å². The molecule has 1 rings (SSSR count). The maximum absolute atomic E-state index is 10.4. The molecule has 134 valence electrons. The third-order valence-electron chi connectivity index (χ3n) is 4.82. The van der Waals surface area contributed by atoms with Gasteiger partial charge in [0.2, 0.25) is 0 Å². The molecule has 1 aliphatic carbocycles. The Labute approximate surface area is 139 Å². The van der Waals surface area contributed by atoms with Crippen LogP contribution in [-0.2, 0) is 4.79 Å². The van der Waals surface area contributed by atoms with Crippen molar-refractivity contribution < 1.29 is 25.2 Å². The van der Waals surface area contributed by atoms with Crippen molar-refractivity contribution in [3.63, 3.8) is 0 Å². The summed E-state index contributed by atoms with van der Waals surface area (Å²) in [5, 5.41) is 38.4. The number of aliphatic hydroxyl groups excluding tert-OH is 3. The Morgan fingerprint density at radius 3 is 2.43 bits per heavy atom. The van der Waals surface area contributed by atoms with Gasteiger partial charge in [0.15, 0.2) is 0 Å². The number of hydrogen-bond donors (Lipinski definition) is 4. The maximum Gasteiger partial charge on any atom is 0.303 e. The number of carboxylic acid groups (broad SMARTS) is 1. The molecule has 1 saturated carbocycles. The zero-order valence-electron chi connectivity index (χ0n) is 14.1. The van der Waals surface area contributed by atoms with E-state index >= 15 is 0 Å². The van der Waals surface area contributed by atoms with E-state index in [9.17, 15) is 20.1 Å². The third-order valence-corrected chi connectivity index (χ3v) is 4.82. The third kappa shape index (κ3) is 7.46. The lowest BCUT2D eigenvalue weighted by molar-refractivity contribution is -0.137. The smallest absolute Gasteiger partial charge is 0.303 e. The van der Waals surface area contributed by atoms with E-state index in [1.165, 1.54) is 0 Å². The van der Waals surface area contributed by atoms with Gasteiger partial charge in [-0.05, 0) is 25.2 Å². The summed E-state index contributed by atoms with van der Waals surface area (Å²) >= 11 is 0. The van der Waals surface area contributed by atoms with E-state index in [1.54, 1.807) is 6.08 Å². The minimum atomic E-state index is -0.739. The van der Waals surface area contributed by atoms with Gasteiger partial charge in [0.25, 0.3) is 0 Å². The van der Waals surface area contributed by atoms with Crippen LogP contribution < -0.4 is 0 Å². The normalized spacial score (nSPS) is 29.2. The molecule has 0 heterocycles. The molecule has 5 heteroatoms. The van der Waals surface area contributed by atoms with E-state index < -0.39 is 24.3 Å². The summed E-state index contributed by atoms with van der Waals surface area (Å²) in [6.45, 7) is 1.90. The number of rotatable bonds is 11. The number of aliphatic carboxylic acids is 1. The summed E-state index contributed by atoms with van der Waals surface area (Å²) < 4.78 is 0. The highest BCUT2D eigenvalue weighted by atomic mass is 16.4. The molecule has 0 aromatic heterocycles. The van der Waals surface area contributed by atoms with Crippen LogP contribution in [0.1, 0.15) is 64.7 Å². The molecule has 5 atom stereocenters. The van der Waals surface area contributed by atoms with Crippen LogP contribution in [0.2, 0.25) is 0 Å². The predicted molar refractivity (Wildman–Crippen MR) is 89.0 cm³/mol. The summed E-state index contributed by atoms with van der Waals surface area (Å²) in [7, 11) is 0. The maximum atomic E-state index is 10.4. The topological polar surface area (TPSA) is 98.0 Å². The molecule has 0 aliphatic heterocycles. The molecule has 5 nitrogen and oxygen atoms in total. The largest absolute Gasteiger partial charge is 0.481 e. The van der Waals surface area contributed by atoms with Crippen molar-refractivity contribution in [3.05, 3.63) is 12.2 Å². The molecule has 1 fully saturated rings. The molecule has 0 spiro atoms. The van der Waals surface area contributed by atoms with Crippen molar-refractivity contribution in [2.75, 3.05) is 0 Å². The highest BCUT2D eigenvalue weighted by molar-refractivity contribution is 5.66. The van der Waals surface area contributed by atoms with E-state index in [0.717, 1.165) is 38.5 Å². The van der Waals surface area contributed by atoms with Crippen LogP contribution >= 0.6 is 0 Å². The lowest BCUT2D eigenvalue weighted by Gasteiger charge is -2.21. The lowest BCUT2D eigenvalue weighted by Crippen LogP contribution is -2.21. The van der Waals surface area contributed by atoms with Gasteiger partial charge >= 0.3 is 5.97 Å². The average Bonchev–Trinajstić information content (AvgIpc) is 2.77. The molecular weight excluding hydrogens is 296 g/mol. The van der Waals surface area contributed by atoms with Crippen LogP contribution in [0.3, 0.4) is 0 Å². The van der Waals surface area contributed by atoms with Crippen LogP contribution in [0.15, 0.2) is 12.2 Å². The summed E-state index contributed by atoms with van der Waals surface area (Å²) in [5.41, 5.74) is 0. The average molecular weight is 328 g/mol. The number of carbonyl (C=O) groups is 1. The quantitative estimate of drug-likeness (QED) is 0.345. The van der Waals surface area contributed by atoms with Crippen LogP contribution in [-0.4, -0.2) is 44.7 Å². The van der Waals surface area contributed by atoms with Gasteiger partial charge in [0, 0.05) is 18.8 Å². The number of carboxylic acids is 1. The number of hydrogen-bond acceptors (Lipinski definition) is 4. The Morgan fingerprint density at radius 1 is 1.13 bits per heavy atom. The number of unbranched alkanes of at least 4 members (excludes halogenated alkanes) is 4. The second-order valence-electron chi connectivity index (χ2n) is 6.67. The van der Waals surface area contributed by atoms with Gasteiger partial charge in [-0.2, -0.15) is 0 Å². The zero-order chi connectivity index (χ0) is 17.2. The van der Waals surface area contributed by atoms with E-state index in [0.29, 0.717) is 12.8 Å². The molecule has 0 amide bonds. The summed E-state index contributed by atoms with van der Waals surface area (Å²) in [6.07, 6.45) is 8.87. The fourth-order valence-electron chi connectivity index (χ4n) is 3.36. The molecular formula is C18H32O5. The van der Waals surface area contributed by atoms with Gasteiger partial charge in [-0.3, -0.25) is 4.79 Å². The van der Waals surface area contributed by atoms with E-state index in [-0.39, 0.29) is 18.3 Å². The molecule has 23 heavy (non-hydrogen) atoms. The first kappa shape index (κ1) is 20.1. The molecule has 0 saturated heterocycles. The van der Waals surface area contributed by atoms with Crippen molar-refractivity contribution in [1.29, 1.82) is 0 Å². The first-order valence-corrected chi connectivity index (χ1v) is 8.90. The van der Waals surface area contributed by atoms with Gasteiger partial charge in [-0.1, -0.05) is 44.8 Å². The van der Waals surface area contributed by atoms with Gasteiger partial charge in [0.05, 0.1) is 18.3 Å². The second kappa shape index (κ2) is 10.8. The van der Waals surface area contributed by atoms with Crippen molar-refractivity contribution in [1.82, 2.24) is 0 Å². The fourth-order valence-corrected chi connectivity index (χ4v) is 3.36. The van der Waals surface area contributed by atoms with Crippen LogP contribution in [0.4, 0.5) is 0 Å². The first-order chi connectivity index (χ1) is 11.0. The fraction of sp³-hybridized carbons (Fsp3) is 0.833. The van der Waals surface area contributed by atoms with Crippen molar-refractivity contribution in [2.45, 2.75) is 83.0 Å². The lowest BCUT2D eigenvalue weighted by atomic mass is 9.88. The van der Waals surface area contributed by atoms with E-state index in [1.807, 2.05) is 13.0 Å². The molecule has 1 aliphatic rings. The van der Waals surface area contributed by atoms with Crippen LogP contribution in [0.25, 0.3) is 0 Å². The van der Waals surface area contributed by atoms with Gasteiger partial charge in [0.1, 0.15) is 0 Å². The summed E-state index contributed by atoms with van der Waals surface area (Å²) in [6, 6.07) is 0. The first-order valence-electron chi connectivity index (χ1n) is 8.90. The van der Waals surface area contributed by atoms with Gasteiger partial charge in [-0.25, -0.2) is 0 Å². The van der Waals surface area contributed by atoms with Gasteiger partial charge < -0.3 is 20.4 Å². The Bertz CT molecular complexity index is 368. The molecule has 0 aromatic carbocycles. The summed E-state index contributed by atoms with van der Waals surface area (Å²) in [5.74, 6) is -0.778. The Hall–Kier alpha value is -0.910. The Morgan fingerprint density at radius 2 is 1.78 bits per heavy atom. The minimum Gasteiger partial charge on any atom is -0.481 e. The SMILES string of the molecule is CC[C@@H](O)/C=C/[C@H]1[C@@H](CCCCCCCC(=O)O)[C@@H](O)C[C@H]1O. The molecule has 4 N–H and O–H groups in total. The Kier molecular flexibility index (Phi) is 9.44. The van der Waals surface area contributed by atoms with E-state index in [4.69, 9.17) is 5.11 Å². The number of aliphatic hydroxyl groups is 3.